The van der Waals surface area contributed by atoms with Crippen molar-refractivity contribution in [2.45, 2.75) is 6.92 Å². The van der Waals surface area contributed by atoms with Crippen molar-refractivity contribution in [2.75, 3.05) is 32.1 Å². The van der Waals surface area contributed by atoms with Crippen molar-refractivity contribution in [3.8, 4) is 11.8 Å². The van der Waals surface area contributed by atoms with E-state index in [4.69, 9.17) is 15.1 Å². The van der Waals surface area contributed by atoms with E-state index in [1.807, 2.05) is 13.0 Å². The van der Waals surface area contributed by atoms with Gasteiger partial charge in [0, 0.05) is 25.5 Å². The van der Waals surface area contributed by atoms with E-state index in [9.17, 15) is 4.79 Å². The van der Waals surface area contributed by atoms with Crippen LogP contribution in [0.15, 0.2) is 36.0 Å². The van der Waals surface area contributed by atoms with E-state index >= 15 is 0 Å². The number of carbonyl (C=O) groups excluding carboxylic acids is 1. The monoisotopic (exact) mass is 289 g/mol. The number of rotatable bonds is 7. The van der Waals surface area contributed by atoms with Gasteiger partial charge in [-0.2, -0.15) is 5.26 Å². The van der Waals surface area contributed by atoms with Crippen molar-refractivity contribution in [1.82, 2.24) is 4.90 Å². The lowest BCUT2D eigenvalue weighted by Gasteiger charge is -2.12. The molecule has 0 heterocycles. The molecular weight excluding hydrogens is 270 g/mol. The predicted molar refractivity (Wildman–Crippen MR) is 79.7 cm³/mol. The molecule has 0 bridgehead atoms. The van der Waals surface area contributed by atoms with Crippen LogP contribution in [0.25, 0.3) is 0 Å². The maximum Gasteiger partial charge on any atom is 0.267 e. The Morgan fingerprint density at radius 2 is 2.14 bits per heavy atom. The first-order chi connectivity index (χ1) is 10.1. The van der Waals surface area contributed by atoms with Gasteiger partial charge in [-0.1, -0.05) is 0 Å². The fourth-order valence-electron chi connectivity index (χ4n) is 1.58. The molecule has 0 aliphatic carbocycles. The highest BCUT2D eigenvalue weighted by Gasteiger charge is 2.10. The van der Waals surface area contributed by atoms with Crippen molar-refractivity contribution in [2.24, 2.45) is 0 Å². The molecule has 0 fully saturated rings. The Morgan fingerprint density at radius 1 is 1.48 bits per heavy atom. The highest BCUT2D eigenvalue weighted by molar-refractivity contribution is 6.06. The summed E-state index contributed by atoms with van der Waals surface area (Å²) in [6.07, 6.45) is 1.40. The number of hydrogen-bond acceptors (Lipinski definition) is 5. The molecule has 0 saturated heterocycles. The van der Waals surface area contributed by atoms with Gasteiger partial charge >= 0.3 is 0 Å². The second kappa shape index (κ2) is 8.61. The molecule has 6 nitrogen and oxygen atoms in total. The number of aliphatic hydroxyl groups is 1. The van der Waals surface area contributed by atoms with Crippen LogP contribution >= 0.6 is 0 Å². The van der Waals surface area contributed by atoms with Crippen LogP contribution in [-0.4, -0.2) is 42.7 Å². The first kappa shape index (κ1) is 16.5. The van der Waals surface area contributed by atoms with Crippen LogP contribution in [0.3, 0.4) is 0 Å². The average molecular weight is 289 g/mol. The van der Waals surface area contributed by atoms with Crippen LogP contribution in [0, 0.1) is 11.3 Å². The fourth-order valence-corrected chi connectivity index (χ4v) is 1.58. The molecule has 112 valence electrons. The molecule has 0 aromatic heterocycles. The summed E-state index contributed by atoms with van der Waals surface area (Å²) >= 11 is 0. The molecule has 0 atom stereocenters. The number of hydrogen-bond donors (Lipinski definition) is 2. The van der Waals surface area contributed by atoms with E-state index < -0.39 is 5.91 Å². The molecule has 2 N–H and O–H groups in total. The third-order valence-corrected chi connectivity index (χ3v) is 2.59. The second-order valence-corrected chi connectivity index (χ2v) is 4.27. The number of benzene rings is 1. The van der Waals surface area contributed by atoms with Gasteiger partial charge in [-0.05, 0) is 31.2 Å². The lowest BCUT2D eigenvalue weighted by Crippen LogP contribution is -2.20. The SMILES string of the molecule is CCOc1ccc(NC(=O)/C(C#N)=C\N(C)CCO)cc1. The summed E-state index contributed by atoms with van der Waals surface area (Å²) in [5.41, 5.74) is 0.550. The predicted octanol–water partition coefficient (Wildman–Crippen LogP) is 1.36. The van der Waals surface area contributed by atoms with Gasteiger partial charge in [-0.3, -0.25) is 4.79 Å². The quantitative estimate of drug-likeness (QED) is 0.584. The van der Waals surface area contributed by atoms with Crippen molar-refractivity contribution < 1.29 is 14.6 Å². The Bertz CT molecular complexity index is 532. The summed E-state index contributed by atoms with van der Waals surface area (Å²) in [5.74, 6) is 0.223. The van der Waals surface area contributed by atoms with Crippen LogP contribution < -0.4 is 10.1 Å². The maximum absolute atomic E-state index is 12.0. The summed E-state index contributed by atoms with van der Waals surface area (Å²) in [6.45, 7) is 2.76. The third kappa shape index (κ3) is 5.55. The summed E-state index contributed by atoms with van der Waals surface area (Å²) in [5, 5.41) is 20.5. The molecule has 1 aromatic rings. The van der Waals surface area contributed by atoms with E-state index in [2.05, 4.69) is 5.32 Å². The van der Waals surface area contributed by atoms with Crippen LogP contribution in [0.2, 0.25) is 0 Å². The maximum atomic E-state index is 12.0. The van der Waals surface area contributed by atoms with E-state index in [1.54, 1.807) is 36.2 Å². The van der Waals surface area contributed by atoms with Gasteiger partial charge in [0.1, 0.15) is 17.4 Å². The van der Waals surface area contributed by atoms with Gasteiger partial charge in [0.25, 0.3) is 5.91 Å². The first-order valence-corrected chi connectivity index (χ1v) is 6.58. The second-order valence-electron chi connectivity index (χ2n) is 4.27. The molecule has 1 amide bonds. The number of likely N-dealkylation sites (N-methyl/N-ethyl adjacent to an activating group) is 1. The van der Waals surface area contributed by atoms with Crippen LogP contribution in [0.4, 0.5) is 5.69 Å². The molecule has 0 saturated carbocycles. The summed E-state index contributed by atoms with van der Waals surface area (Å²) in [4.78, 5) is 13.6. The molecule has 0 aliphatic heterocycles. The van der Waals surface area contributed by atoms with Gasteiger partial charge in [-0.25, -0.2) is 0 Å². The molecule has 0 unspecified atom stereocenters. The number of amides is 1. The summed E-state index contributed by atoms with van der Waals surface area (Å²) < 4.78 is 5.31. The zero-order valence-electron chi connectivity index (χ0n) is 12.2. The van der Waals surface area contributed by atoms with Crippen LogP contribution in [-0.2, 0) is 4.79 Å². The van der Waals surface area contributed by atoms with Crippen molar-refractivity contribution in [3.05, 3.63) is 36.0 Å². The third-order valence-electron chi connectivity index (χ3n) is 2.59. The van der Waals surface area contributed by atoms with E-state index in [1.165, 1.54) is 6.20 Å². The molecule has 1 rings (SSSR count). The fraction of sp³-hybridized carbons (Fsp3) is 0.333. The highest BCUT2D eigenvalue weighted by atomic mass is 16.5. The molecule has 21 heavy (non-hydrogen) atoms. The van der Waals surface area contributed by atoms with Crippen LogP contribution in [0.1, 0.15) is 6.92 Å². The van der Waals surface area contributed by atoms with E-state index in [0.717, 1.165) is 0 Å². The lowest BCUT2D eigenvalue weighted by molar-refractivity contribution is -0.112. The molecule has 0 aliphatic rings. The Kier molecular flexibility index (Phi) is 6.78. The number of nitriles is 1. The summed E-state index contributed by atoms with van der Waals surface area (Å²) in [6, 6.07) is 8.74. The van der Waals surface area contributed by atoms with E-state index in [-0.39, 0.29) is 12.2 Å². The van der Waals surface area contributed by atoms with Crippen molar-refractivity contribution in [1.29, 1.82) is 5.26 Å². The summed E-state index contributed by atoms with van der Waals surface area (Å²) in [7, 11) is 1.68. The molecule has 0 spiro atoms. The highest BCUT2D eigenvalue weighted by Crippen LogP contribution is 2.16. The van der Waals surface area contributed by atoms with Crippen LogP contribution in [0.5, 0.6) is 5.75 Å². The number of nitrogens with zero attached hydrogens (tertiary/aromatic N) is 2. The Hall–Kier alpha value is -2.52. The van der Waals surface area contributed by atoms with Crippen molar-refractivity contribution in [3.63, 3.8) is 0 Å². The lowest BCUT2D eigenvalue weighted by atomic mass is 10.2. The van der Waals surface area contributed by atoms with Gasteiger partial charge < -0.3 is 20.1 Å². The molecule has 0 radical (unpaired) electrons. The number of aliphatic hydroxyl groups excluding tert-OH is 1. The molecular formula is C15H19N3O3. The largest absolute Gasteiger partial charge is 0.494 e. The first-order valence-electron chi connectivity index (χ1n) is 6.58. The minimum Gasteiger partial charge on any atom is -0.494 e. The number of nitrogens with one attached hydrogen (secondary N) is 1. The van der Waals surface area contributed by atoms with Crippen molar-refractivity contribution >= 4 is 11.6 Å². The van der Waals surface area contributed by atoms with Gasteiger partial charge in [0.2, 0.25) is 0 Å². The average Bonchev–Trinajstić information content (AvgIpc) is 2.47. The molecule has 1 aromatic carbocycles. The standard InChI is InChI=1S/C15H19N3O3/c1-3-21-14-6-4-13(5-7-14)17-15(20)12(10-16)11-18(2)8-9-19/h4-7,11,19H,3,8-9H2,1-2H3,(H,17,20)/b12-11-. The smallest absolute Gasteiger partial charge is 0.267 e. The minimum atomic E-state index is -0.494. The topological polar surface area (TPSA) is 85.6 Å². The Morgan fingerprint density at radius 3 is 2.67 bits per heavy atom. The van der Waals surface area contributed by atoms with Gasteiger partial charge in [0.15, 0.2) is 0 Å². The number of anilines is 1. The van der Waals surface area contributed by atoms with Gasteiger partial charge in [0.05, 0.1) is 13.2 Å². The number of ether oxygens (including phenoxy) is 1. The van der Waals surface area contributed by atoms with E-state index in [0.29, 0.717) is 24.6 Å². The zero-order chi connectivity index (χ0) is 15.7. The number of carbonyl (C=O) groups is 1. The minimum absolute atomic E-state index is 0.0279. The van der Waals surface area contributed by atoms with Gasteiger partial charge in [-0.15, -0.1) is 0 Å². The normalized spacial score (nSPS) is 10.7. The zero-order valence-corrected chi connectivity index (χ0v) is 12.2. The molecule has 6 heteroatoms. The Labute approximate surface area is 124 Å². The Balaban J connectivity index is 2.72.